The van der Waals surface area contributed by atoms with Gasteiger partial charge in [-0.3, -0.25) is 14.4 Å². The van der Waals surface area contributed by atoms with Gasteiger partial charge in [0.2, 0.25) is 5.91 Å². The van der Waals surface area contributed by atoms with Gasteiger partial charge < -0.3 is 15.1 Å². The normalized spacial score (nSPS) is 23.2. The first-order valence-electron chi connectivity index (χ1n) is 11.2. The smallest absolute Gasteiger partial charge is 0.311 e. The van der Waals surface area contributed by atoms with E-state index in [1.165, 1.54) is 0 Å². The summed E-state index contributed by atoms with van der Waals surface area (Å²) in [5.41, 5.74) is 0.422. The van der Waals surface area contributed by atoms with Gasteiger partial charge in [-0.15, -0.1) is 0 Å². The molecule has 0 radical (unpaired) electrons. The van der Waals surface area contributed by atoms with Crippen LogP contribution in [0.1, 0.15) is 44.6 Å². The van der Waals surface area contributed by atoms with E-state index < -0.39 is 17.2 Å². The number of likely N-dealkylation sites (tertiary alicyclic amines) is 1. The lowest BCUT2D eigenvalue weighted by Crippen LogP contribution is -2.56. The number of hydrogen-bond acceptors (Lipinski definition) is 3. The first-order chi connectivity index (χ1) is 14.9. The zero-order chi connectivity index (χ0) is 22.0. The zero-order valence-electron chi connectivity index (χ0n) is 18.0. The minimum atomic E-state index is -0.591. The first-order valence-corrected chi connectivity index (χ1v) is 11.6. The SMILES string of the molecule is CC1CCN(C(=O)C(=O)NC2C=CCN(C(=O)C3(c4cccc(Cl)c4)CCC3)C2)CC1. The Kier molecular flexibility index (Phi) is 6.37. The summed E-state index contributed by atoms with van der Waals surface area (Å²) in [4.78, 5) is 42.0. The van der Waals surface area contributed by atoms with Gasteiger partial charge in [0.05, 0.1) is 11.5 Å². The summed E-state index contributed by atoms with van der Waals surface area (Å²) >= 11 is 6.19. The summed E-state index contributed by atoms with van der Waals surface area (Å²) in [6, 6.07) is 7.19. The van der Waals surface area contributed by atoms with Gasteiger partial charge in [0, 0.05) is 31.2 Å². The van der Waals surface area contributed by atoms with Crippen LogP contribution < -0.4 is 5.32 Å². The maximum absolute atomic E-state index is 13.5. The predicted octanol–water partition coefficient (Wildman–Crippen LogP) is 2.90. The fourth-order valence-electron chi connectivity index (χ4n) is 4.82. The van der Waals surface area contributed by atoms with E-state index in [0.29, 0.717) is 37.1 Å². The average Bonchev–Trinajstić information content (AvgIpc) is 2.73. The molecule has 7 heteroatoms. The van der Waals surface area contributed by atoms with Gasteiger partial charge in [-0.05, 0) is 49.3 Å². The van der Waals surface area contributed by atoms with Crippen LogP contribution in [0.2, 0.25) is 5.02 Å². The summed E-state index contributed by atoms with van der Waals surface area (Å²) in [5, 5.41) is 3.45. The fourth-order valence-corrected chi connectivity index (χ4v) is 5.01. The van der Waals surface area contributed by atoms with Gasteiger partial charge in [-0.2, -0.15) is 0 Å². The van der Waals surface area contributed by atoms with Crippen LogP contribution in [0.3, 0.4) is 0 Å². The van der Waals surface area contributed by atoms with Gasteiger partial charge in [-0.1, -0.05) is 49.2 Å². The topological polar surface area (TPSA) is 69.7 Å². The largest absolute Gasteiger partial charge is 0.340 e. The standard InChI is InChI=1S/C24H30ClN3O3/c1-17-8-13-27(14-9-17)22(30)21(29)26-20-7-3-12-28(16-20)23(31)24(10-4-11-24)18-5-2-6-19(25)15-18/h2-3,5-7,15,17,20H,4,8-14,16H2,1H3,(H,26,29). The molecule has 2 aliphatic heterocycles. The van der Waals surface area contributed by atoms with Crippen LogP contribution in [0.5, 0.6) is 0 Å². The molecule has 3 aliphatic rings. The second kappa shape index (κ2) is 9.03. The lowest BCUT2D eigenvalue weighted by molar-refractivity contribution is -0.147. The molecule has 6 nitrogen and oxygen atoms in total. The van der Waals surface area contributed by atoms with Crippen molar-refractivity contribution in [2.45, 2.75) is 50.5 Å². The summed E-state index contributed by atoms with van der Waals surface area (Å²) in [6.07, 6.45) is 8.23. The molecule has 31 heavy (non-hydrogen) atoms. The number of carbonyl (C=O) groups is 3. The van der Waals surface area contributed by atoms with Gasteiger partial charge in [-0.25, -0.2) is 0 Å². The quantitative estimate of drug-likeness (QED) is 0.576. The Morgan fingerprint density at radius 3 is 2.52 bits per heavy atom. The Morgan fingerprint density at radius 1 is 1.13 bits per heavy atom. The number of benzene rings is 1. The lowest BCUT2D eigenvalue weighted by Gasteiger charge is -2.45. The van der Waals surface area contributed by atoms with Gasteiger partial charge >= 0.3 is 11.8 Å². The van der Waals surface area contributed by atoms with Crippen molar-refractivity contribution in [2.75, 3.05) is 26.2 Å². The molecule has 1 unspecified atom stereocenters. The van der Waals surface area contributed by atoms with Crippen LogP contribution in [0.25, 0.3) is 0 Å². The Morgan fingerprint density at radius 2 is 1.87 bits per heavy atom. The van der Waals surface area contributed by atoms with Crippen molar-refractivity contribution < 1.29 is 14.4 Å². The van der Waals surface area contributed by atoms with E-state index >= 15 is 0 Å². The van der Waals surface area contributed by atoms with Crippen molar-refractivity contribution in [3.05, 3.63) is 47.0 Å². The Balaban J connectivity index is 1.39. The number of nitrogens with zero attached hydrogens (tertiary/aromatic N) is 2. The number of halogens is 1. The Labute approximate surface area is 188 Å². The molecule has 0 aromatic heterocycles. The van der Waals surface area contributed by atoms with E-state index in [9.17, 15) is 14.4 Å². The van der Waals surface area contributed by atoms with Crippen LogP contribution in [0, 0.1) is 5.92 Å². The summed E-state index contributed by atoms with van der Waals surface area (Å²) < 4.78 is 0. The van der Waals surface area contributed by atoms with Crippen LogP contribution >= 0.6 is 11.6 Å². The van der Waals surface area contributed by atoms with E-state index in [2.05, 4.69) is 12.2 Å². The molecule has 1 atom stereocenters. The Bertz CT molecular complexity index is 888. The molecule has 3 amide bonds. The number of hydrogen-bond donors (Lipinski definition) is 1. The molecule has 1 aromatic rings. The molecule has 166 valence electrons. The molecule has 2 heterocycles. The van der Waals surface area contributed by atoms with Crippen molar-refractivity contribution in [3.8, 4) is 0 Å². The molecule has 1 N–H and O–H groups in total. The van der Waals surface area contributed by atoms with Crippen molar-refractivity contribution in [1.82, 2.24) is 15.1 Å². The van der Waals surface area contributed by atoms with Crippen molar-refractivity contribution in [3.63, 3.8) is 0 Å². The van der Waals surface area contributed by atoms with E-state index in [1.807, 2.05) is 36.4 Å². The maximum atomic E-state index is 13.5. The van der Waals surface area contributed by atoms with Crippen molar-refractivity contribution in [1.29, 1.82) is 0 Å². The van der Waals surface area contributed by atoms with Gasteiger partial charge in [0.25, 0.3) is 0 Å². The minimum absolute atomic E-state index is 0.0703. The highest BCUT2D eigenvalue weighted by molar-refractivity contribution is 6.35. The third-order valence-electron chi connectivity index (χ3n) is 6.97. The van der Waals surface area contributed by atoms with Crippen molar-refractivity contribution >= 4 is 29.3 Å². The third kappa shape index (κ3) is 4.49. The molecule has 1 aromatic carbocycles. The molecule has 2 fully saturated rings. The van der Waals surface area contributed by atoms with Crippen LogP contribution in [-0.4, -0.2) is 59.7 Å². The minimum Gasteiger partial charge on any atom is -0.340 e. The highest BCUT2D eigenvalue weighted by Crippen LogP contribution is 2.46. The second-order valence-corrected chi connectivity index (χ2v) is 9.58. The van der Waals surface area contributed by atoms with E-state index in [4.69, 9.17) is 11.6 Å². The highest BCUT2D eigenvalue weighted by atomic mass is 35.5. The van der Waals surface area contributed by atoms with E-state index in [0.717, 1.165) is 37.7 Å². The number of rotatable bonds is 3. The van der Waals surface area contributed by atoms with E-state index in [1.54, 1.807) is 9.80 Å². The molecular weight excluding hydrogens is 414 g/mol. The second-order valence-electron chi connectivity index (χ2n) is 9.14. The third-order valence-corrected chi connectivity index (χ3v) is 7.21. The summed E-state index contributed by atoms with van der Waals surface area (Å²) in [7, 11) is 0. The number of piperidine rings is 1. The van der Waals surface area contributed by atoms with Gasteiger partial charge in [0.1, 0.15) is 0 Å². The van der Waals surface area contributed by atoms with Gasteiger partial charge in [0.15, 0.2) is 0 Å². The molecule has 1 saturated heterocycles. The number of nitrogens with one attached hydrogen (secondary N) is 1. The molecule has 0 bridgehead atoms. The summed E-state index contributed by atoms with van der Waals surface area (Å²) in [6.45, 7) is 4.29. The monoisotopic (exact) mass is 443 g/mol. The maximum Gasteiger partial charge on any atom is 0.311 e. The first kappa shape index (κ1) is 21.9. The highest BCUT2D eigenvalue weighted by Gasteiger charge is 2.48. The molecule has 1 aliphatic carbocycles. The molecule has 0 spiro atoms. The number of carbonyl (C=O) groups excluding carboxylic acids is 3. The fraction of sp³-hybridized carbons (Fsp3) is 0.542. The Hall–Kier alpha value is -2.34. The molecule has 4 rings (SSSR count). The zero-order valence-corrected chi connectivity index (χ0v) is 18.7. The van der Waals surface area contributed by atoms with E-state index in [-0.39, 0.29) is 11.9 Å². The predicted molar refractivity (Wildman–Crippen MR) is 120 cm³/mol. The van der Waals surface area contributed by atoms with Crippen LogP contribution in [-0.2, 0) is 19.8 Å². The average molecular weight is 444 g/mol. The summed E-state index contributed by atoms with van der Waals surface area (Å²) in [5.74, 6) is -0.405. The molecule has 1 saturated carbocycles. The van der Waals surface area contributed by atoms with Crippen LogP contribution in [0.4, 0.5) is 0 Å². The van der Waals surface area contributed by atoms with Crippen LogP contribution in [0.15, 0.2) is 36.4 Å². The number of amides is 3. The van der Waals surface area contributed by atoms with Crippen molar-refractivity contribution in [2.24, 2.45) is 5.92 Å². The molecular formula is C24H30ClN3O3. The lowest BCUT2D eigenvalue weighted by atomic mass is 9.63.